The van der Waals surface area contributed by atoms with E-state index in [1.165, 1.54) is 0 Å². The largest absolute Gasteiger partial charge is 0.357 e. The third-order valence-corrected chi connectivity index (χ3v) is 3.50. The fourth-order valence-corrected chi connectivity index (χ4v) is 2.30. The Hall–Kier alpha value is -1.58. The number of nitrogens with zero attached hydrogens (tertiary/aromatic N) is 3. The van der Waals surface area contributed by atoms with Crippen LogP contribution in [0.5, 0.6) is 0 Å². The van der Waals surface area contributed by atoms with Crippen molar-refractivity contribution in [1.29, 1.82) is 0 Å². The molecular formula is C17H29N3O. The first kappa shape index (κ1) is 17.5. The molecule has 0 radical (unpaired) electrons. The van der Waals surface area contributed by atoms with Crippen molar-refractivity contribution in [3.05, 3.63) is 23.9 Å². The molecule has 0 fully saturated rings. The summed E-state index contributed by atoms with van der Waals surface area (Å²) in [5.41, 5.74) is 0.672. The minimum absolute atomic E-state index is 0.0556. The van der Waals surface area contributed by atoms with Gasteiger partial charge in [0.1, 0.15) is 5.82 Å². The first-order chi connectivity index (χ1) is 10.1. The van der Waals surface area contributed by atoms with Crippen LogP contribution in [0.4, 0.5) is 5.82 Å². The summed E-state index contributed by atoms with van der Waals surface area (Å²) in [5.74, 6) is 1.02. The summed E-state index contributed by atoms with van der Waals surface area (Å²) in [6.45, 7) is 9.28. The highest BCUT2D eigenvalue weighted by atomic mass is 16.2. The average molecular weight is 291 g/mol. The summed E-state index contributed by atoms with van der Waals surface area (Å²) in [7, 11) is 1.85. The van der Waals surface area contributed by atoms with Gasteiger partial charge in [0.05, 0.1) is 5.56 Å². The number of aromatic nitrogens is 1. The SMILES string of the molecule is CCCCN(C)C(=O)c1ccc(N(CCC)CCC)nc1. The molecule has 0 N–H and O–H groups in total. The van der Waals surface area contributed by atoms with Crippen LogP contribution >= 0.6 is 0 Å². The van der Waals surface area contributed by atoms with E-state index in [0.29, 0.717) is 5.56 Å². The van der Waals surface area contributed by atoms with E-state index in [-0.39, 0.29) is 5.91 Å². The highest BCUT2D eigenvalue weighted by Crippen LogP contribution is 2.13. The van der Waals surface area contributed by atoms with Crippen molar-refractivity contribution < 1.29 is 4.79 Å². The second-order valence-corrected chi connectivity index (χ2v) is 5.47. The molecular weight excluding hydrogens is 262 g/mol. The molecule has 0 saturated carbocycles. The molecule has 0 aliphatic carbocycles. The van der Waals surface area contributed by atoms with Crippen molar-refractivity contribution in [2.24, 2.45) is 0 Å². The van der Waals surface area contributed by atoms with Gasteiger partial charge in [0.2, 0.25) is 0 Å². The highest BCUT2D eigenvalue weighted by Gasteiger charge is 2.13. The van der Waals surface area contributed by atoms with Gasteiger partial charge in [-0.25, -0.2) is 4.98 Å². The topological polar surface area (TPSA) is 36.4 Å². The molecule has 0 aliphatic rings. The summed E-state index contributed by atoms with van der Waals surface area (Å²) in [6.07, 6.45) is 6.04. The number of amides is 1. The summed E-state index contributed by atoms with van der Waals surface area (Å²) in [5, 5.41) is 0. The van der Waals surface area contributed by atoms with Gasteiger partial charge in [-0.3, -0.25) is 4.79 Å². The zero-order valence-electron chi connectivity index (χ0n) is 13.9. The molecule has 1 aromatic rings. The summed E-state index contributed by atoms with van der Waals surface area (Å²) in [6, 6.07) is 3.86. The lowest BCUT2D eigenvalue weighted by Crippen LogP contribution is -2.28. The molecule has 0 atom stereocenters. The lowest BCUT2D eigenvalue weighted by atomic mass is 10.2. The summed E-state index contributed by atoms with van der Waals surface area (Å²) in [4.78, 5) is 20.8. The fraction of sp³-hybridized carbons (Fsp3) is 0.647. The predicted molar refractivity (Wildman–Crippen MR) is 88.9 cm³/mol. The van der Waals surface area contributed by atoms with Gasteiger partial charge in [0.25, 0.3) is 5.91 Å². The molecule has 4 nitrogen and oxygen atoms in total. The van der Waals surface area contributed by atoms with Crippen LogP contribution in [0.15, 0.2) is 18.3 Å². The molecule has 0 unspecified atom stereocenters. The number of carbonyl (C=O) groups is 1. The van der Waals surface area contributed by atoms with E-state index in [1.807, 2.05) is 19.2 Å². The summed E-state index contributed by atoms with van der Waals surface area (Å²) < 4.78 is 0. The molecule has 1 rings (SSSR count). The Balaban J connectivity index is 2.73. The van der Waals surface area contributed by atoms with Gasteiger partial charge in [0, 0.05) is 32.9 Å². The molecule has 0 aromatic carbocycles. The number of hydrogen-bond donors (Lipinski definition) is 0. The Labute approximate surface area is 129 Å². The van der Waals surface area contributed by atoms with Gasteiger partial charge < -0.3 is 9.80 Å². The molecule has 21 heavy (non-hydrogen) atoms. The van der Waals surface area contributed by atoms with Crippen molar-refractivity contribution in [3.8, 4) is 0 Å². The van der Waals surface area contributed by atoms with Gasteiger partial charge in [0.15, 0.2) is 0 Å². The lowest BCUT2D eigenvalue weighted by Gasteiger charge is -2.23. The van der Waals surface area contributed by atoms with Crippen molar-refractivity contribution in [3.63, 3.8) is 0 Å². The van der Waals surface area contributed by atoms with E-state index < -0.39 is 0 Å². The van der Waals surface area contributed by atoms with Crippen LogP contribution in [0.2, 0.25) is 0 Å². The third-order valence-electron chi connectivity index (χ3n) is 3.50. The van der Waals surface area contributed by atoms with E-state index in [0.717, 1.165) is 51.1 Å². The van der Waals surface area contributed by atoms with Gasteiger partial charge in [-0.2, -0.15) is 0 Å². The number of anilines is 1. The average Bonchev–Trinajstić information content (AvgIpc) is 2.52. The third kappa shape index (κ3) is 5.37. The fourth-order valence-electron chi connectivity index (χ4n) is 2.30. The number of carbonyl (C=O) groups excluding carboxylic acids is 1. The second kappa shape index (κ2) is 9.37. The van der Waals surface area contributed by atoms with E-state index in [4.69, 9.17) is 0 Å². The Morgan fingerprint density at radius 3 is 2.19 bits per heavy atom. The van der Waals surface area contributed by atoms with E-state index in [2.05, 4.69) is 30.7 Å². The van der Waals surface area contributed by atoms with Crippen molar-refractivity contribution in [2.45, 2.75) is 46.5 Å². The quantitative estimate of drug-likeness (QED) is 0.698. The maximum absolute atomic E-state index is 12.3. The smallest absolute Gasteiger partial charge is 0.255 e. The molecule has 1 aromatic heterocycles. The molecule has 118 valence electrons. The minimum Gasteiger partial charge on any atom is -0.357 e. The van der Waals surface area contributed by atoms with Gasteiger partial charge in [-0.05, 0) is 31.4 Å². The predicted octanol–water partition coefficient (Wildman–Crippen LogP) is 3.58. The van der Waals surface area contributed by atoms with Crippen LogP contribution in [0.1, 0.15) is 56.8 Å². The van der Waals surface area contributed by atoms with Crippen molar-refractivity contribution in [2.75, 3.05) is 31.6 Å². The van der Waals surface area contributed by atoms with Gasteiger partial charge >= 0.3 is 0 Å². The lowest BCUT2D eigenvalue weighted by molar-refractivity contribution is 0.0793. The van der Waals surface area contributed by atoms with E-state index in [9.17, 15) is 4.79 Å². The van der Waals surface area contributed by atoms with Crippen LogP contribution in [0.3, 0.4) is 0 Å². The molecule has 0 aliphatic heterocycles. The number of hydrogen-bond acceptors (Lipinski definition) is 3. The molecule has 1 amide bonds. The monoisotopic (exact) mass is 291 g/mol. The zero-order chi connectivity index (χ0) is 15.7. The zero-order valence-corrected chi connectivity index (χ0v) is 13.9. The van der Waals surface area contributed by atoms with Gasteiger partial charge in [-0.1, -0.05) is 27.2 Å². The maximum Gasteiger partial charge on any atom is 0.255 e. The molecule has 0 spiro atoms. The van der Waals surface area contributed by atoms with E-state index >= 15 is 0 Å². The normalized spacial score (nSPS) is 10.5. The first-order valence-electron chi connectivity index (χ1n) is 8.10. The standard InChI is InChI=1S/C17H29N3O/c1-5-8-13-19(4)17(21)15-9-10-16(18-14-15)20(11-6-2)12-7-3/h9-10,14H,5-8,11-13H2,1-4H3. The Morgan fingerprint density at radius 2 is 1.71 bits per heavy atom. The van der Waals surface area contributed by atoms with Crippen molar-refractivity contribution in [1.82, 2.24) is 9.88 Å². The van der Waals surface area contributed by atoms with E-state index in [1.54, 1.807) is 11.1 Å². The maximum atomic E-state index is 12.3. The van der Waals surface area contributed by atoms with Crippen molar-refractivity contribution >= 4 is 11.7 Å². The van der Waals surface area contributed by atoms with Gasteiger partial charge in [-0.15, -0.1) is 0 Å². The number of unbranched alkanes of at least 4 members (excludes halogenated alkanes) is 1. The Bertz CT molecular complexity index is 411. The number of rotatable bonds is 9. The van der Waals surface area contributed by atoms with Crippen LogP contribution in [-0.4, -0.2) is 42.5 Å². The highest BCUT2D eigenvalue weighted by molar-refractivity contribution is 5.93. The van der Waals surface area contributed by atoms with Crippen LogP contribution in [0.25, 0.3) is 0 Å². The summed E-state index contributed by atoms with van der Waals surface area (Å²) >= 11 is 0. The molecule has 1 heterocycles. The molecule has 0 bridgehead atoms. The Kier molecular flexibility index (Phi) is 7.80. The van der Waals surface area contributed by atoms with Crippen LogP contribution < -0.4 is 4.90 Å². The Morgan fingerprint density at radius 1 is 1.05 bits per heavy atom. The van der Waals surface area contributed by atoms with Crippen LogP contribution in [0, 0.1) is 0 Å². The minimum atomic E-state index is 0.0556. The first-order valence-corrected chi connectivity index (χ1v) is 8.10. The number of pyridine rings is 1. The van der Waals surface area contributed by atoms with Crippen LogP contribution in [-0.2, 0) is 0 Å². The molecule has 0 saturated heterocycles. The molecule has 4 heteroatoms. The second-order valence-electron chi connectivity index (χ2n) is 5.47.